The van der Waals surface area contributed by atoms with Crippen LogP contribution >= 0.6 is 15.8 Å². The van der Waals surface area contributed by atoms with Gasteiger partial charge < -0.3 is 47.8 Å². The number of hydrogen-bond acceptors (Lipinski definition) is 6. The number of benzene rings is 6. The van der Waals surface area contributed by atoms with Crippen molar-refractivity contribution in [3.8, 4) is 0 Å². The van der Waals surface area contributed by atoms with Crippen LogP contribution in [0, 0.1) is 0 Å². The molecule has 0 aliphatic carbocycles. The molecule has 0 aliphatic heterocycles. The second kappa shape index (κ2) is 26.4. The van der Waals surface area contributed by atoms with Crippen molar-refractivity contribution in [2.45, 2.75) is 13.8 Å². The molecule has 0 heterocycles. The van der Waals surface area contributed by atoms with Crippen molar-refractivity contribution in [2.75, 3.05) is 13.2 Å². The number of rotatable bonds is 12. The molecule has 8 nitrogen and oxygen atoms in total. The molecule has 0 unspecified atom stereocenters. The van der Waals surface area contributed by atoms with E-state index in [1.54, 1.807) is 26.3 Å². The van der Waals surface area contributed by atoms with Crippen LogP contribution in [0.5, 0.6) is 0 Å². The van der Waals surface area contributed by atoms with Gasteiger partial charge in [0.05, 0.1) is 29.1 Å². The van der Waals surface area contributed by atoms with E-state index >= 15 is 0 Å². The Kier molecular flexibility index (Phi) is 21.5. The van der Waals surface area contributed by atoms with Crippen LogP contribution in [0.1, 0.15) is 25.0 Å². The maximum Gasteiger partial charge on any atom is 3.00 e. The summed E-state index contributed by atoms with van der Waals surface area (Å²) in [5.41, 5.74) is 9.05. The third-order valence-electron chi connectivity index (χ3n) is 7.92. The van der Waals surface area contributed by atoms with E-state index < -0.39 is 35.3 Å². The zero-order valence-corrected chi connectivity index (χ0v) is 35.6. The molecule has 0 saturated heterocycles. The summed E-state index contributed by atoms with van der Waals surface area (Å²) in [4.78, 5) is 22.8. The average molecular weight is 899 g/mol. The maximum atomic E-state index is 11.4. The van der Waals surface area contributed by atoms with Gasteiger partial charge in [0.15, 0.2) is 0 Å². The fraction of sp³-hybridized carbons (Fsp3) is 0.0909. The zero-order chi connectivity index (χ0) is 42.3. The predicted molar refractivity (Wildman–Crippen MR) is 239 cm³/mol. The molecule has 2 amide bonds. The zero-order valence-electron chi connectivity index (χ0n) is 32.6. The summed E-state index contributed by atoms with van der Waals surface area (Å²) < 4.78 is 48.6. The van der Waals surface area contributed by atoms with Gasteiger partial charge in [-0.05, 0) is 86.6 Å². The summed E-state index contributed by atoms with van der Waals surface area (Å²) in [5, 5.41) is 15.4. The second-order valence-electron chi connectivity index (χ2n) is 12.0. The monoisotopic (exact) mass is 898 g/mol. The van der Waals surface area contributed by atoms with E-state index in [0.717, 1.165) is 11.1 Å². The van der Waals surface area contributed by atoms with Crippen LogP contribution in [0.25, 0.3) is 10.9 Å². The molecular weight excluding hydrogens is 856 g/mol. The van der Waals surface area contributed by atoms with Crippen LogP contribution < -0.4 is 31.8 Å². The Bertz CT molecular complexity index is 2000. The topological polar surface area (TPSA) is 106 Å². The van der Waals surface area contributed by atoms with Gasteiger partial charge in [-0.15, -0.1) is 0 Å². The Labute approximate surface area is 360 Å². The quantitative estimate of drug-likeness (QED) is 0.0402. The molecule has 6 aromatic carbocycles. The molecule has 0 fully saturated rings. The van der Waals surface area contributed by atoms with E-state index in [4.69, 9.17) is 9.47 Å². The van der Waals surface area contributed by atoms with Gasteiger partial charge in [0.25, 0.3) is 0 Å². The summed E-state index contributed by atoms with van der Waals surface area (Å²) in [6.45, 7) is 4.04. The Balaban J connectivity index is 0.000000284. The van der Waals surface area contributed by atoms with Crippen LogP contribution in [0.2, 0.25) is 0 Å². The summed E-state index contributed by atoms with van der Waals surface area (Å²) in [6, 6.07) is 58.2. The number of ether oxygens (including phenoxy) is 2. The van der Waals surface area contributed by atoms with Gasteiger partial charge in [-0.25, -0.2) is 0 Å². The molecule has 0 saturated carbocycles. The fourth-order valence-corrected chi connectivity index (χ4v) is 11.0. The molecule has 6 rings (SSSR count). The van der Waals surface area contributed by atoms with Crippen molar-refractivity contribution in [1.29, 1.82) is 0 Å². The predicted octanol–water partition coefficient (Wildman–Crippen LogP) is 9.38. The molecule has 0 aliphatic rings. The first-order valence-electron chi connectivity index (χ1n) is 18.4. The molecule has 16 heteroatoms. The van der Waals surface area contributed by atoms with Crippen molar-refractivity contribution < 1.29 is 53.1 Å². The molecule has 0 aromatic heterocycles. The Morgan fingerprint density at radius 1 is 0.500 bits per heavy atom. The summed E-state index contributed by atoms with van der Waals surface area (Å²) in [5.74, 6) is 0. The third kappa shape index (κ3) is 16.9. The van der Waals surface area contributed by atoms with Crippen LogP contribution in [0.15, 0.2) is 180 Å². The first kappa shape index (κ1) is 48.7. The molecule has 0 spiro atoms. The van der Waals surface area contributed by atoms with Crippen molar-refractivity contribution in [1.82, 2.24) is 0 Å². The minimum atomic E-state index is -6.00. The van der Waals surface area contributed by atoms with Crippen molar-refractivity contribution in [3.05, 3.63) is 192 Å². The second-order valence-corrected chi connectivity index (χ2v) is 16.9. The van der Waals surface area contributed by atoms with Gasteiger partial charge in [-0.2, -0.15) is 0 Å². The Morgan fingerprint density at radius 2 is 0.750 bits per heavy atom. The van der Waals surface area contributed by atoms with Crippen LogP contribution in [-0.4, -0.2) is 45.1 Å². The van der Waals surface area contributed by atoms with E-state index in [9.17, 15) is 26.9 Å². The SMILES string of the molecule is CCOC(=O)[N-]/N=C/c1ccccc1[PH+](c1ccccc1)c1ccccc1.CCOC(=O)[N-]/N=C/c1ccccc1[PH+](c1ccccc1)c1ccccc1.F[B-](F)(F)F.[Co+3]. The number of carbonyl (C=O) groups is 2. The maximum absolute atomic E-state index is 11.4. The van der Waals surface area contributed by atoms with Crippen LogP contribution in [-0.2, 0) is 26.3 Å². The van der Waals surface area contributed by atoms with Gasteiger partial charge in [0.1, 0.15) is 31.8 Å². The van der Waals surface area contributed by atoms with Crippen molar-refractivity contribution >= 4 is 79.5 Å². The number of amides is 2. The van der Waals surface area contributed by atoms with E-state index in [1.165, 1.54) is 31.8 Å². The molecule has 0 atom stereocenters. The van der Waals surface area contributed by atoms with E-state index in [0.29, 0.717) is 0 Å². The number of hydrogen-bond donors (Lipinski definition) is 0. The van der Waals surface area contributed by atoms with Gasteiger partial charge in [0.2, 0.25) is 12.2 Å². The van der Waals surface area contributed by atoms with Gasteiger partial charge in [0, 0.05) is 23.6 Å². The smallest absolute Gasteiger partial charge is 0.508 e. The van der Waals surface area contributed by atoms with Gasteiger partial charge in [-0.1, -0.05) is 97.1 Å². The van der Waals surface area contributed by atoms with Gasteiger partial charge in [-0.3, -0.25) is 9.59 Å². The van der Waals surface area contributed by atoms with Crippen molar-refractivity contribution in [2.24, 2.45) is 10.2 Å². The fourth-order valence-electron chi connectivity index (χ4n) is 5.63. The first-order chi connectivity index (χ1) is 28.6. The molecule has 6 aromatic rings. The minimum absolute atomic E-state index is 0. The summed E-state index contributed by atoms with van der Waals surface area (Å²) in [7, 11) is -8.43. The number of nitrogens with zero attached hydrogens (tertiary/aromatic N) is 4. The summed E-state index contributed by atoms with van der Waals surface area (Å²) >= 11 is 0. The van der Waals surface area contributed by atoms with Crippen LogP contribution in [0.4, 0.5) is 26.9 Å². The summed E-state index contributed by atoms with van der Waals surface area (Å²) in [6.07, 6.45) is 1.90. The third-order valence-corrected chi connectivity index (χ3v) is 13.5. The molecule has 0 radical (unpaired) electrons. The van der Waals surface area contributed by atoms with E-state index in [-0.39, 0.29) is 30.0 Å². The Morgan fingerprint density at radius 3 is 1.02 bits per heavy atom. The number of carbonyl (C=O) groups excluding carboxylic acids is 2. The van der Waals surface area contributed by atoms with Crippen molar-refractivity contribution in [3.63, 3.8) is 0 Å². The molecule has 0 N–H and O–H groups in total. The average Bonchev–Trinajstić information content (AvgIpc) is 3.24. The first-order valence-corrected chi connectivity index (χ1v) is 21.4. The standard InChI is InChI=1S/2C22H21N2O2P.BF4.Co/c2*1-2-26-22(25)24-23-17-18-11-9-10-16-21(18)27(19-12-5-3-6-13-19)20-14-7-4-8-15-20;2-1(3,4)5;/h2*3-17H,2H2,1H3,(H,24,25);;/q;;-1;+3/b2*23-17+;;. The van der Waals surface area contributed by atoms with E-state index in [1.807, 2.05) is 60.7 Å². The minimum Gasteiger partial charge on any atom is -0.508 e. The Hall–Kier alpha value is -5.65. The molecular formula is C44H42BCoF4N4O4P2+2. The molecule has 0 bridgehead atoms. The molecule has 310 valence electrons. The van der Waals surface area contributed by atoms with Gasteiger partial charge >= 0.3 is 24.0 Å². The number of halogens is 4. The normalized spacial score (nSPS) is 10.8. The van der Waals surface area contributed by atoms with Crippen LogP contribution in [0.3, 0.4) is 0 Å². The van der Waals surface area contributed by atoms with E-state index in [2.05, 4.69) is 130 Å². The molecule has 60 heavy (non-hydrogen) atoms. The largest absolute Gasteiger partial charge is 3.00 e.